The van der Waals surface area contributed by atoms with Crippen LogP contribution < -0.4 is 10.6 Å². The molecule has 0 spiro atoms. The second-order valence-corrected chi connectivity index (χ2v) is 5.10. The molecule has 1 aromatic heterocycles. The van der Waals surface area contributed by atoms with Crippen LogP contribution in [0.25, 0.3) is 0 Å². The van der Waals surface area contributed by atoms with Crippen LogP contribution in [0.15, 0.2) is 6.20 Å². The first-order valence-electron chi connectivity index (χ1n) is 7.40. The minimum Gasteiger partial charge on any atom is -0.385 e. The van der Waals surface area contributed by atoms with E-state index in [1.807, 2.05) is 0 Å². The third-order valence-electron chi connectivity index (χ3n) is 3.60. The zero-order valence-corrected chi connectivity index (χ0v) is 12.5. The number of nitrogens with two attached hydrogens (primary N) is 1. The van der Waals surface area contributed by atoms with Gasteiger partial charge in [-0.25, -0.2) is 4.98 Å². The summed E-state index contributed by atoms with van der Waals surface area (Å²) in [7, 11) is 1.74. The number of methoxy groups -OCH3 is 1. The Morgan fingerprint density at radius 2 is 2.40 bits per heavy atom. The first-order chi connectivity index (χ1) is 9.78. The Kier molecular flexibility index (Phi) is 5.82. The summed E-state index contributed by atoms with van der Waals surface area (Å²) in [6.07, 6.45) is 4.21. The molecule has 6 heteroatoms. The second kappa shape index (κ2) is 7.61. The number of anilines is 1. The third kappa shape index (κ3) is 3.71. The number of rotatable bonds is 7. The minimum atomic E-state index is 0.109. The van der Waals surface area contributed by atoms with Gasteiger partial charge in [-0.15, -0.1) is 0 Å². The monoisotopic (exact) mass is 282 g/mol. The van der Waals surface area contributed by atoms with Gasteiger partial charge in [0.05, 0.1) is 18.4 Å². The Balaban J connectivity index is 2.09. The summed E-state index contributed by atoms with van der Waals surface area (Å²) >= 11 is 0. The summed E-state index contributed by atoms with van der Waals surface area (Å²) in [5.74, 6) is 1.04. The predicted octanol–water partition coefficient (Wildman–Crippen LogP) is 0.646. The van der Waals surface area contributed by atoms with E-state index < -0.39 is 0 Å². The van der Waals surface area contributed by atoms with Crippen molar-refractivity contribution >= 4 is 5.95 Å². The van der Waals surface area contributed by atoms with Gasteiger partial charge in [0.2, 0.25) is 5.95 Å². The second-order valence-electron chi connectivity index (χ2n) is 5.10. The van der Waals surface area contributed by atoms with Gasteiger partial charge in [0.15, 0.2) is 0 Å². The van der Waals surface area contributed by atoms with Crippen LogP contribution in [0.5, 0.6) is 0 Å². The predicted molar refractivity (Wildman–Crippen MR) is 79.1 cm³/mol. The van der Waals surface area contributed by atoms with Crippen molar-refractivity contribution in [2.45, 2.75) is 32.4 Å². The summed E-state index contributed by atoms with van der Waals surface area (Å²) in [6.45, 7) is 6.81. The molecule has 1 atom stereocenters. The van der Waals surface area contributed by atoms with Gasteiger partial charge in [0.25, 0.3) is 0 Å². The lowest BCUT2D eigenvalue weighted by atomic mass is 10.3. The molecule has 2 heterocycles. The van der Waals surface area contributed by atoms with E-state index in [9.17, 15) is 0 Å². The van der Waals surface area contributed by atoms with Crippen LogP contribution in [0.2, 0.25) is 0 Å². The van der Waals surface area contributed by atoms with E-state index in [0.717, 1.165) is 50.7 Å². The normalized spacial score (nSPS) is 19.6. The van der Waals surface area contributed by atoms with Gasteiger partial charge in [0, 0.05) is 46.1 Å². The topological polar surface area (TPSA) is 65.5 Å². The van der Waals surface area contributed by atoms with Gasteiger partial charge in [-0.3, -0.25) is 0 Å². The molecule has 1 aromatic rings. The van der Waals surface area contributed by atoms with Crippen molar-refractivity contribution in [1.82, 2.24) is 9.55 Å². The molecule has 1 aliphatic rings. The van der Waals surface area contributed by atoms with Gasteiger partial charge in [-0.1, -0.05) is 6.92 Å². The summed E-state index contributed by atoms with van der Waals surface area (Å²) in [4.78, 5) is 7.04. The number of aromatic nitrogens is 2. The SMILES string of the molecule is CCc1cn(CCCOC)c(N2CCOC(CN)C2)n1. The van der Waals surface area contributed by atoms with Crippen LogP contribution in [0.1, 0.15) is 19.0 Å². The highest BCUT2D eigenvalue weighted by Gasteiger charge is 2.23. The first-order valence-corrected chi connectivity index (χ1v) is 7.40. The third-order valence-corrected chi connectivity index (χ3v) is 3.60. The number of imidazole rings is 1. The number of morpholine rings is 1. The van der Waals surface area contributed by atoms with Crippen molar-refractivity contribution in [2.75, 3.05) is 44.9 Å². The Bertz CT molecular complexity index is 408. The highest BCUT2D eigenvalue weighted by Crippen LogP contribution is 2.18. The summed E-state index contributed by atoms with van der Waals surface area (Å²) in [5, 5.41) is 0. The zero-order chi connectivity index (χ0) is 14.4. The van der Waals surface area contributed by atoms with E-state index in [0.29, 0.717) is 13.2 Å². The van der Waals surface area contributed by atoms with Crippen LogP contribution in [0.4, 0.5) is 5.95 Å². The smallest absolute Gasteiger partial charge is 0.205 e. The number of hydrogen-bond acceptors (Lipinski definition) is 5. The molecule has 0 aliphatic carbocycles. The average molecular weight is 282 g/mol. The molecule has 2 N–H and O–H groups in total. The fourth-order valence-electron chi connectivity index (χ4n) is 2.47. The molecule has 6 nitrogen and oxygen atoms in total. The van der Waals surface area contributed by atoms with E-state index in [1.165, 1.54) is 0 Å². The van der Waals surface area contributed by atoms with Crippen LogP contribution in [-0.2, 0) is 22.4 Å². The van der Waals surface area contributed by atoms with Crippen LogP contribution in [0, 0.1) is 0 Å². The first kappa shape index (κ1) is 15.3. The van der Waals surface area contributed by atoms with E-state index in [2.05, 4.69) is 22.6 Å². The molecule has 2 rings (SSSR count). The molecule has 1 fully saturated rings. The number of hydrogen-bond donors (Lipinski definition) is 1. The molecule has 1 saturated heterocycles. The maximum atomic E-state index is 5.72. The summed E-state index contributed by atoms with van der Waals surface area (Å²) in [5.41, 5.74) is 6.85. The summed E-state index contributed by atoms with van der Waals surface area (Å²) in [6, 6.07) is 0. The minimum absolute atomic E-state index is 0.109. The van der Waals surface area contributed by atoms with Crippen molar-refractivity contribution in [3.8, 4) is 0 Å². The van der Waals surface area contributed by atoms with Crippen molar-refractivity contribution in [3.63, 3.8) is 0 Å². The maximum absolute atomic E-state index is 5.72. The Hall–Kier alpha value is -1.11. The van der Waals surface area contributed by atoms with Crippen molar-refractivity contribution in [1.29, 1.82) is 0 Å². The molecule has 1 unspecified atom stereocenters. The fourth-order valence-corrected chi connectivity index (χ4v) is 2.47. The molecule has 20 heavy (non-hydrogen) atoms. The Labute approximate surface area is 120 Å². The quantitative estimate of drug-likeness (QED) is 0.744. The van der Waals surface area contributed by atoms with E-state index >= 15 is 0 Å². The maximum Gasteiger partial charge on any atom is 0.205 e. The van der Waals surface area contributed by atoms with E-state index in [1.54, 1.807) is 7.11 Å². The standard InChI is InChI=1S/C14H26N4O2/c1-3-12-10-17(5-4-7-19-2)14(16-12)18-6-8-20-13(9-15)11-18/h10,13H,3-9,11,15H2,1-2H3. The molecule has 1 aliphatic heterocycles. The van der Waals surface area contributed by atoms with Crippen molar-refractivity contribution in [3.05, 3.63) is 11.9 Å². The number of nitrogens with zero attached hydrogens (tertiary/aromatic N) is 3. The van der Waals surface area contributed by atoms with Crippen molar-refractivity contribution < 1.29 is 9.47 Å². The van der Waals surface area contributed by atoms with Crippen LogP contribution >= 0.6 is 0 Å². The highest BCUT2D eigenvalue weighted by atomic mass is 16.5. The molecular formula is C14H26N4O2. The molecule has 0 saturated carbocycles. The molecule has 0 bridgehead atoms. The molecule has 114 valence electrons. The lowest BCUT2D eigenvalue weighted by Crippen LogP contribution is -2.46. The average Bonchev–Trinajstić information content (AvgIpc) is 2.91. The van der Waals surface area contributed by atoms with Crippen LogP contribution in [-0.4, -0.2) is 55.6 Å². The number of ether oxygens (including phenoxy) is 2. The van der Waals surface area contributed by atoms with Gasteiger partial charge >= 0.3 is 0 Å². The van der Waals surface area contributed by atoms with Gasteiger partial charge in [-0.2, -0.15) is 0 Å². The summed E-state index contributed by atoms with van der Waals surface area (Å²) < 4.78 is 13.0. The van der Waals surface area contributed by atoms with Gasteiger partial charge in [0.1, 0.15) is 0 Å². The fraction of sp³-hybridized carbons (Fsp3) is 0.786. The Morgan fingerprint density at radius 1 is 1.55 bits per heavy atom. The Morgan fingerprint density at radius 3 is 3.10 bits per heavy atom. The van der Waals surface area contributed by atoms with Gasteiger partial charge < -0.3 is 24.7 Å². The molecule has 0 aromatic carbocycles. The van der Waals surface area contributed by atoms with Crippen molar-refractivity contribution in [2.24, 2.45) is 5.73 Å². The lowest BCUT2D eigenvalue weighted by molar-refractivity contribution is 0.0457. The van der Waals surface area contributed by atoms with E-state index in [-0.39, 0.29) is 6.10 Å². The largest absolute Gasteiger partial charge is 0.385 e. The van der Waals surface area contributed by atoms with Gasteiger partial charge in [-0.05, 0) is 12.8 Å². The molecule has 0 amide bonds. The lowest BCUT2D eigenvalue weighted by Gasteiger charge is -2.33. The van der Waals surface area contributed by atoms with E-state index in [4.69, 9.17) is 20.2 Å². The number of aryl methyl sites for hydroxylation is 2. The molecular weight excluding hydrogens is 256 g/mol. The zero-order valence-electron chi connectivity index (χ0n) is 12.5. The van der Waals surface area contributed by atoms with Crippen LogP contribution in [0.3, 0.4) is 0 Å². The highest BCUT2D eigenvalue weighted by molar-refractivity contribution is 5.34. The molecule has 0 radical (unpaired) electrons.